The highest BCUT2D eigenvalue weighted by Crippen LogP contribution is 2.29. The molecule has 31 heavy (non-hydrogen) atoms. The molecule has 1 atom stereocenters. The van der Waals surface area contributed by atoms with Crippen molar-refractivity contribution in [1.82, 2.24) is 5.32 Å². The van der Waals surface area contributed by atoms with Crippen molar-refractivity contribution in [3.63, 3.8) is 0 Å². The molecule has 0 aromatic heterocycles. The zero-order valence-corrected chi connectivity index (χ0v) is 18.6. The topological polar surface area (TPSA) is 97.7 Å². The number of hydrogen-bond donors (Lipinski definition) is 1. The number of halogens is 1. The SMILES string of the molecule is C=CCNC(=O)/C(C#N)=C/c1ccc(OC(=O)[C@@H](C)Oc2cccc(Br)c2)c(OC)c1. The minimum Gasteiger partial charge on any atom is -0.493 e. The standard InChI is InChI=1S/C23H21BrN2O5/c1-4-10-26-22(27)17(14-25)11-16-8-9-20(21(12-16)29-3)31-23(28)15(2)30-19-7-5-6-18(24)13-19/h4-9,11-13,15H,1,10H2,2-3H3,(H,26,27)/b17-11+/t15-/m1/s1. The summed E-state index contributed by atoms with van der Waals surface area (Å²) in [4.78, 5) is 24.4. The summed E-state index contributed by atoms with van der Waals surface area (Å²) in [6.07, 6.45) is 2.06. The van der Waals surface area contributed by atoms with Crippen LogP contribution in [0.2, 0.25) is 0 Å². The number of nitrogens with one attached hydrogen (secondary N) is 1. The number of carbonyl (C=O) groups excluding carboxylic acids is 2. The van der Waals surface area contributed by atoms with E-state index >= 15 is 0 Å². The lowest BCUT2D eigenvalue weighted by atomic mass is 10.1. The Labute approximate surface area is 189 Å². The van der Waals surface area contributed by atoms with Crippen molar-refractivity contribution in [2.45, 2.75) is 13.0 Å². The monoisotopic (exact) mass is 484 g/mol. The third-order valence-electron chi connectivity index (χ3n) is 3.92. The molecule has 0 aliphatic carbocycles. The Kier molecular flexibility index (Phi) is 8.85. The summed E-state index contributed by atoms with van der Waals surface area (Å²) in [6.45, 7) is 5.33. The van der Waals surface area contributed by atoms with E-state index in [0.29, 0.717) is 11.3 Å². The molecule has 0 spiro atoms. The number of methoxy groups -OCH3 is 1. The maximum absolute atomic E-state index is 12.4. The summed E-state index contributed by atoms with van der Waals surface area (Å²) in [5, 5.41) is 11.8. The largest absolute Gasteiger partial charge is 0.493 e. The van der Waals surface area contributed by atoms with Crippen molar-refractivity contribution in [2.24, 2.45) is 0 Å². The van der Waals surface area contributed by atoms with Crippen LogP contribution in [0, 0.1) is 11.3 Å². The summed E-state index contributed by atoms with van der Waals surface area (Å²) in [5.74, 6) is -0.159. The minimum absolute atomic E-state index is 0.0790. The van der Waals surface area contributed by atoms with Crippen LogP contribution in [-0.4, -0.2) is 31.6 Å². The smallest absolute Gasteiger partial charge is 0.352 e. The van der Waals surface area contributed by atoms with Gasteiger partial charge < -0.3 is 19.5 Å². The van der Waals surface area contributed by atoms with Crippen molar-refractivity contribution < 1.29 is 23.8 Å². The highest BCUT2D eigenvalue weighted by atomic mass is 79.9. The second-order valence-electron chi connectivity index (χ2n) is 6.22. The number of ether oxygens (including phenoxy) is 3. The lowest BCUT2D eigenvalue weighted by Gasteiger charge is -2.15. The lowest BCUT2D eigenvalue weighted by molar-refractivity contribution is -0.141. The van der Waals surface area contributed by atoms with Crippen molar-refractivity contribution in [3.05, 3.63) is 70.7 Å². The second-order valence-corrected chi connectivity index (χ2v) is 7.13. The highest BCUT2D eigenvalue weighted by molar-refractivity contribution is 9.10. The summed E-state index contributed by atoms with van der Waals surface area (Å²) in [7, 11) is 1.42. The first-order valence-corrected chi connectivity index (χ1v) is 10.00. The average molecular weight is 485 g/mol. The van der Waals surface area contributed by atoms with Crippen LogP contribution >= 0.6 is 15.9 Å². The van der Waals surface area contributed by atoms with E-state index in [-0.39, 0.29) is 23.6 Å². The quantitative estimate of drug-likeness (QED) is 0.189. The molecule has 1 amide bonds. The van der Waals surface area contributed by atoms with Gasteiger partial charge in [0.25, 0.3) is 5.91 Å². The first kappa shape index (κ1) is 23.7. The van der Waals surface area contributed by atoms with Crippen LogP contribution in [0.25, 0.3) is 6.08 Å². The first-order valence-electron chi connectivity index (χ1n) is 9.20. The van der Waals surface area contributed by atoms with Gasteiger partial charge in [-0.05, 0) is 48.9 Å². The predicted octanol–water partition coefficient (Wildman–Crippen LogP) is 4.04. The summed E-state index contributed by atoms with van der Waals surface area (Å²) < 4.78 is 17.1. The van der Waals surface area contributed by atoms with Gasteiger partial charge in [0.05, 0.1) is 7.11 Å². The fourth-order valence-electron chi connectivity index (χ4n) is 2.42. The lowest BCUT2D eigenvalue weighted by Crippen LogP contribution is -2.28. The molecule has 0 heterocycles. The van der Waals surface area contributed by atoms with Crippen LogP contribution < -0.4 is 19.5 Å². The Hall–Kier alpha value is -3.57. The fourth-order valence-corrected chi connectivity index (χ4v) is 2.80. The molecule has 8 heteroatoms. The Morgan fingerprint density at radius 2 is 2.03 bits per heavy atom. The zero-order valence-electron chi connectivity index (χ0n) is 17.1. The first-order chi connectivity index (χ1) is 14.9. The Morgan fingerprint density at radius 1 is 1.26 bits per heavy atom. The number of hydrogen-bond acceptors (Lipinski definition) is 6. The van der Waals surface area contributed by atoms with Crippen LogP contribution in [0.1, 0.15) is 12.5 Å². The van der Waals surface area contributed by atoms with E-state index in [1.165, 1.54) is 25.3 Å². The number of carbonyl (C=O) groups is 2. The molecule has 0 saturated carbocycles. The minimum atomic E-state index is -0.864. The number of benzene rings is 2. The van der Waals surface area contributed by atoms with E-state index in [1.54, 1.807) is 37.3 Å². The predicted molar refractivity (Wildman–Crippen MR) is 120 cm³/mol. The van der Waals surface area contributed by atoms with Gasteiger partial charge in [0.2, 0.25) is 0 Å². The maximum atomic E-state index is 12.4. The van der Waals surface area contributed by atoms with Gasteiger partial charge in [-0.15, -0.1) is 6.58 Å². The molecule has 0 unspecified atom stereocenters. The van der Waals surface area contributed by atoms with E-state index in [4.69, 9.17) is 14.2 Å². The number of nitrogens with zero attached hydrogens (tertiary/aromatic N) is 1. The van der Waals surface area contributed by atoms with Crippen molar-refractivity contribution >= 4 is 33.9 Å². The molecular weight excluding hydrogens is 464 g/mol. The Balaban J connectivity index is 2.14. The van der Waals surface area contributed by atoms with Gasteiger partial charge in [-0.3, -0.25) is 4.79 Å². The van der Waals surface area contributed by atoms with Gasteiger partial charge >= 0.3 is 5.97 Å². The molecule has 0 aliphatic rings. The van der Waals surface area contributed by atoms with Crippen LogP contribution in [0.5, 0.6) is 17.2 Å². The van der Waals surface area contributed by atoms with Gasteiger partial charge in [-0.2, -0.15) is 5.26 Å². The Morgan fingerprint density at radius 3 is 2.68 bits per heavy atom. The molecule has 160 valence electrons. The molecular formula is C23H21BrN2O5. The van der Waals surface area contributed by atoms with E-state index in [9.17, 15) is 14.9 Å². The van der Waals surface area contributed by atoms with Crippen LogP contribution in [0.15, 0.2) is 65.2 Å². The molecule has 0 aliphatic heterocycles. The molecule has 7 nitrogen and oxygen atoms in total. The van der Waals surface area contributed by atoms with Crippen molar-refractivity contribution in [1.29, 1.82) is 5.26 Å². The average Bonchev–Trinajstić information content (AvgIpc) is 2.76. The van der Waals surface area contributed by atoms with E-state index < -0.39 is 18.0 Å². The molecule has 2 rings (SSSR count). The van der Waals surface area contributed by atoms with Crippen LogP contribution in [0.4, 0.5) is 0 Å². The Bertz CT molecular complexity index is 1040. The van der Waals surface area contributed by atoms with E-state index in [1.807, 2.05) is 12.1 Å². The molecule has 0 bridgehead atoms. The van der Waals surface area contributed by atoms with E-state index in [2.05, 4.69) is 27.8 Å². The third kappa shape index (κ3) is 7.01. The molecule has 0 saturated heterocycles. The summed E-state index contributed by atoms with van der Waals surface area (Å²) in [5.41, 5.74) is 0.449. The summed E-state index contributed by atoms with van der Waals surface area (Å²) >= 11 is 3.34. The van der Waals surface area contributed by atoms with Gasteiger partial charge in [-0.1, -0.05) is 34.1 Å². The van der Waals surface area contributed by atoms with Gasteiger partial charge in [0, 0.05) is 11.0 Å². The number of rotatable bonds is 9. The second kappa shape index (κ2) is 11.6. The molecule has 0 radical (unpaired) electrons. The van der Waals surface area contributed by atoms with Gasteiger partial charge in [-0.25, -0.2) is 4.79 Å². The van der Waals surface area contributed by atoms with Crippen LogP contribution in [-0.2, 0) is 9.59 Å². The van der Waals surface area contributed by atoms with Gasteiger partial charge in [0.1, 0.15) is 17.4 Å². The molecule has 2 aromatic carbocycles. The zero-order chi connectivity index (χ0) is 22.8. The van der Waals surface area contributed by atoms with E-state index in [0.717, 1.165) is 4.47 Å². The molecule has 1 N–H and O–H groups in total. The van der Waals surface area contributed by atoms with Crippen molar-refractivity contribution in [2.75, 3.05) is 13.7 Å². The number of amides is 1. The number of esters is 1. The van der Waals surface area contributed by atoms with Gasteiger partial charge in [0.15, 0.2) is 17.6 Å². The van der Waals surface area contributed by atoms with Crippen molar-refractivity contribution in [3.8, 4) is 23.3 Å². The molecule has 0 fully saturated rings. The normalized spacial score (nSPS) is 11.6. The fraction of sp³-hybridized carbons (Fsp3) is 0.174. The van der Waals surface area contributed by atoms with Crippen LogP contribution in [0.3, 0.4) is 0 Å². The number of nitriles is 1. The third-order valence-corrected chi connectivity index (χ3v) is 4.42. The molecule has 2 aromatic rings. The highest BCUT2D eigenvalue weighted by Gasteiger charge is 2.20. The maximum Gasteiger partial charge on any atom is 0.352 e. The summed E-state index contributed by atoms with van der Waals surface area (Å²) in [6, 6.07) is 13.6.